The van der Waals surface area contributed by atoms with E-state index >= 15 is 0 Å². The molecule has 0 bridgehead atoms. The first-order chi connectivity index (χ1) is 14.2. The van der Waals surface area contributed by atoms with Gasteiger partial charge in [0.1, 0.15) is 5.75 Å². The van der Waals surface area contributed by atoms with Crippen molar-refractivity contribution in [1.29, 1.82) is 0 Å². The molecule has 1 atom stereocenters. The summed E-state index contributed by atoms with van der Waals surface area (Å²) in [4.78, 5) is 0. The van der Waals surface area contributed by atoms with Gasteiger partial charge in [-0.2, -0.15) is 0 Å². The molecular weight excluding hydrogens is 370 g/mol. The number of nitrogens with zero attached hydrogens (tertiary/aromatic N) is 1. The quantitative estimate of drug-likeness (QED) is 0.314. The molecule has 2 rings (SSSR count). The van der Waals surface area contributed by atoms with Gasteiger partial charge in [-0.1, -0.05) is 58.0 Å². The van der Waals surface area contributed by atoms with Gasteiger partial charge in [-0.05, 0) is 67.9 Å². The van der Waals surface area contributed by atoms with Crippen molar-refractivity contribution in [2.45, 2.75) is 60.3 Å². The minimum atomic E-state index is -0.915. The first-order valence-electron chi connectivity index (χ1n) is 11.5. The van der Waals surface area contributed by atoms with E-state index in [-0.39, 0.29) is 0 Å². The molecule has 0 heterocycles. The Morgan fingerprint density at radius 1 is 0.833 bits per heavy atom. The maximum atomic E-state index is 6.82. The Bertz CT molecular complexity index is 783. The summed E-state index contributed by atoms with van der Waals surface area (Å²) in [5.41, 5.74) is 3.95. The fourth-order valence-corrected chi connectivity index (χ4v) is 4.05. The normalized spacial score (nSPS) is 14.2. The highest BCUT2D eigenvalue weighted by molar-refractivity contribution is 5.39. The molecule has 3 heteroatoms. The van der Waals surface area contributed by atoms with E-state index in [4.69, 9.17) is 9.47 Å². The van der Waals surface area contributed by atoms with E-state index in [0.717, 1.165) is 30.7 Å². The topological polar surface area (TPSA) is 18.5 Å². The molecule has 2 aromatic carbocycles. The van der Waals surface area contributed by atoms with Crippen molar-refractivity contribution in [1.82, 2.24) is 0 Å². The lowest BCUT2D eigenvalue weighted by molar-refractivity contribution is -1.000. The summed E-state index contributed by atoms with van der Waals surface area (Å²) < 4.78 is 14.0. The average Bonchev–Trinajstić information content (AvgIpc) is 2.69. The Morgan fingerprint density at radius 2 is 1.47 bits per heavy atom. The number of hydrogen-bond acceptors (Lipinski definition) is 2. The van der Waals surface area contributed by atoms with E-state index in [2.05, 4.69) is 73.8 Å². The van der Waals surface area contributed by atoms with Crippen LogP contribution in [0.25, 0.3) is 0 Å². The first-order valence-corrected chi connectivity index (χ1v) is 11.5. The number of rotatable bonds is 11. The fraction of sp³-hybridized carbons (Fsp3) is 0.556. The van der Waals surface area contributed by atoms with E-state index in [9.17, 15) is 0 Å². The van der Waals surface area contributed by atoms with Gasteiger partial charge in [-0.25, -0.2) is 0 Å². The lowest BCUT2D eigenvalue weighted by atomic mass is 9.87. The van der Waals surface area contributed by atoms with Crippen molar-refractivity contribution in [3.63, 3.8) is 0 Å². The van der Waals surface area contributed by atoms with Crippen molar-refractivity contribution in [2.24, 2.45) is 11.8 Å². The number of hydrogen-bond donors (Lipinski definition) is 0. The predicted molar refractivity (Wildman–Crippen MR) is 127 cm³/mol. The Morgan fingerprint density at radius 3 is 2.00 bits per heavy atom. The molecule has 0 amide bonds. The van der Waals surface area contributed by atoms with Crippen LogP contribution < -0.4 is 4.74 Å². The van der Waals surface area contributed by atoms with Crippen LogP contribution in [0.4, 0.5) is 0 Å². The Kier molecular flexibility index (Phi) is 8.52. The molecule has 0 saturated carbocycles. The van der Waals surface area contributed by atoms with Crippen LogP contribution in [0.15, 0.2) is 48.5 Å². The monoisotopic (exact) mass is 412 g/mol. The molecule has 0 aromatic heterocycles. The molecule has 3 nitrogen and oxygen atoms in total. The standard InChI is InChI=1S/C27H42NO2/c1-9-28(7,8)27(29-10-2,30-24-16-12-11-13-17-24)26-18-14-15-23(19-21(3)4)25(26)20-22(5)6/h11-18,21-22H,9-10,19-20H2,1-8H3/q+1. The van der Waals surface area contributed by atoms with Crippen LogP contribution in [0.5, 0.6) is 5.75 Å². The summed E-state index contributed by atoms with van der Waals surface area (Å²) in [6.45, 7) is 14.8. The van der Waals surface area contributed by atoms with Gasteiger partial charge in [0.2, 0.25) is 0 Å². The van der Waals surface area contributed by atoms with Gasteiger partial charge in [0.15, 0.2) is 0 Å². The van der Waals surface area contributed by atoms with Crippen LogP contribution in [0.1, 0.15) is 58.2 Å². The maximum absolute atomic E-state index is 6.82. The lowest BCUT2D eigenvalue weighted by Gasteiger charge is -2.47. The lowest BCUT2D eigenvalue weighted by Crippen LogP contribution is -2.62. The molecule has 0 radical (unpaired) electrons. The van der Waals surface area contributed by atoms with Gasteiger partial charge in [-0.15, -0.1) is 0 Å². The molecular formula is C27H42NO2+. The number of benzene rings is 2. The zero-order valence-electron chi connectivity index (χ0n) is 20.4. The van der Waals surface area contributed by atoms with Gasteiger partial charge >= 0.3 is 5.91 Å². The van der Waals surface area contributed by atoms with Crippen molar-refractivity contribution in [3.05, 3.63) is 65.2 Å². The highest BCUT2D eigenvalue weighted by Gasteiger charge is 2.52. The highest BCUT2D eigenvalue weighted by Crippen LogP contribution is 2.40. The first kappa shape index (κ1) is 24.4. The van der Waals surface area contributed by atoms with Crippen molar-refractivity contribution < 1.29 is 14.0 Å². The minimum absolute atomic E-state index is 0.547. The van der Waals surface area contributed by atoms with Crippen LogP contribution in [0.2, 0.25) is 0 Å². The second-order valence-corrected chi connectivity index (χ2v) is 9.57. The van der Waals surface area contributed by atoms with Crippen LogP contribution in [0, 0.1) is 11.8 Å². The summed E-state index contributed by atoms with van der Waals surface area (Å²) in [7, 11) is 4.40. The largest absolute Gasteiger partial charge is 0.413 e. The van der Waals surface area contributed by atoms with Crippen LogP contribution >= 0.6 is 0 Å². The van der Waals surface area contributed by atoms with Crippen LogP contribution in [0.3, 0.4) is 0 Å². The molecule has 0 aliphatic carbocycles. The second-order valence-electron chi connectivity index (χ2n) is 9.57. The molecule has 2 aromatic rings. The molecule has 0 fully saturated rings. The van der Waals surface area contributed by atoms with Crippen molar-refractivity contribution >= 4 is 0 Å². The van der Waals surface area contributed by atoms with E-state index in [1.54, 1.807) is 0 Å². The van der Waals surface area contributed by atoms with Crippen LogP contribution in [-0.2, 0) is 23.5 Å². The molecule has 0 N–H and O–H groups in total. The third kappa shape index (κ3) is 5.44. The SMILES string of the molecule is CCOC(Oc1ccccc1)(c1cccc(CC(C)C)c1CC(C)C)[N+](C)(C)CC. The van der Waals surface area contributed by atoms with Gasteiger partial charge in [0, 0.05) is 0 Å². The fourth-order valence-electron chi connectivity index (χ4n) is 4.05. The summed E-state index contributed by atoms with van der Waals surface area (Å²) in [5.74, 6) is 1.05. The molecule has 30 heavy (non-hydrogen) atoms. The average molecular weight is 413 g/mol. The predicted octanol–water partition coefficient (Wildman–Crippen LogP) is 6.41. The molecule has 166 valence electrons. The Labute approximate surface area is 184 Å². The van der Waals surface area contributed by atoms with Gasteiger partial charge < -0.3 is 4.74 Å². The molecule has 0 saturated heterocycles. The van der Waals surface area contributed by atoms with Gasteiger partial charge in [0.25, 0.3) is 0 Å². The van der Waals surface area contributed by atoms with Crippen molar-refractivity contribution in [3.8, 4) is 5.75 Å². The zero-order chi connectivity index (χ0) is 22.4. The zero-order valence-corrected chi connectivity index (χ0v) is 20.4. The van der Waals surface area contributed by atoms with E-state index < -0.39 is 5.91 Å². The van der Waals surface area contributed by atoms with Crippen molar-refractivity contribution in [2.75, 3.05) is 27.2 Å². The van der Waals surface area contributed by atoms with Gasteiger partial charge in [-0.3, -0.25) is 9.22 Å². The summed E-state index contributed by atoms with van der Waals surface area (Å²) >= 11 is 0. The molecule has 0 aliphatic rings. The maximum Gasteiger partial charge on any atom is 0.390 e. The third-order valence-corrected chi connectivity index (χ3v) is 5.78. The van der Waals surface area contributed by atoms with E-state index in [0.29, 0.717) is 22.9 Å². The second kappa shape index (κ2) is 10.5. The number of para-hydroxylation sites is 1. The molecule has 0 spiro atoms. The highest BCUT2D eigenvalue weighted by atomic mass is 16.7. The Hall–Kier alpha value is -1.84. The number of quaternary nitrogens is 1. The number of ether oxygens (including phenoxy) is 2. The third-order valence-electron chi connectivity index (χ3n) is 5.78. The van der Waals surface area contributed by atoms with Crippen LogP contribution in [-0.4, -0.2) is 31.7 Å². The minimum Gasteiger partial charge on any atom is -0.413 e. The summed E-state index contributed by atoms with van der Waals surface area (Å²) in [6, 6.07) is 16.8. The molecule has 0 aliphatic heterocycles. The molecule has 1 unspecified atom stereocenters. The van der Waals surface area contributed by atoms with E-state index in [1.165, 1.54) is 11.1 Å². The summed E-state index contributed by atoms with van der Waals surface area (Å²) in [6.07, 6.45) is 2.07. The Balaban J connectivity index is 2.79. The summed E-state index contributed by atoms with van der Waals surface area (Å²) in [5, 5.41) is 0. The van der Waals surface area contributed by atoms with E-state index in [1.807, 2.05) is 30.3 Å². The van der Waals surface area contributed by atoms with Gasteiger partial charge in [0.05, 0.1) is 32.8 Å². The smallest absolute Gasteiger partial charge is 0.390 e.